The third kappa shape index (κ3) is 5.00. The molecule has 162 valence electrons. The maximum atomic E-state index is 11.5. The predicted octanol–water partition coefficient (Wildman–Crippen LogP) is 2.91. The van der Waals surface area contributed by atoms with Gasteiger partial charge in [0, 0.05) is 0 Å². The monoisotopic (exact) mass is 428 g/mol. The molecule has 1 unspecified atom stereocenters. The minimum absolute atomic E-state index is 0.0847. The predicted molar refractivity (Wildman–Crippen MR) is 120 cm³/mol. The largest absolute Gasteiger partial charge is 0.469 e. The fourth-order valence-electron chi connectivity index (χ4n) is 4.05. The smallest absolute Gasteiger partial charge is 0.308 e. The Labute approximate surface area is 180 Å². The van der Waals surface area contributed by atoms with Crippen LogP contribution in [0.3, 0.4) is 0 Å². The Hall–Kier alpha value is -1.99. The lowest BCUT2D eigenvalue weighted by atomic mass is 10.2. The van der Waals surface area contributed by atoms with Gasteiger partial charge in [0.1, 0.15) is 6.10 Å². The van der Waals surface area contributed by atoms with Gasteiger partial charge in [0.05, 0.1) is 39.5 Å². The first kappa shape index (κ1) is 22.7. The van der Waals surface area contributed by atoms with Crippen LogP contribution in [0.25, 0.3) is 0 Å². The number of carbonyl (C=O) groups excluding carboxylic acids is 1. The topological polar surface area (TPSA) is 54.0 Å². The average molecular weight is 429 g/mol. The van der Waals surface area contributed by atoms with Gasteiger partial charge < -0.3 is 18.6 Å². The molecule has 2 atom stereocenters. The molecule has 30 heavy (non-hydrogen) atoms. The number of methoxy groups -OCH3 is 1. The molecular weight excluding hydrogens is 396 g/mol. The molecule has 3 rings (SSSR count). The van der Waals surface area contributed by atoms with Crippen molar-refractivity contribution in [3.05, 3.63) is 60.7 Å². The van der Waals surface area contributed by atoms with E-state index in [4.69, 9.17) is 18.6 Å². The van der Waals surface area contributed by atoms with Crippen LogP contribution >= 0.6 is 0 Å². The van der Waals surface area contributed by atoms with Crippen LogP contribution in [0.2, 0.25) is 5.04 Å². The van der Waals surface area contributed by atoms with Crippen molar-refractivity contribution in [3.8, 4) is 0 Å². The Kier molecular flexibility index (Phi) is 7.47. The van der Waals surface area contributed by atoms with E-state index in [0.717, 1.165) is 0 Å². The minimum Gasteiger partial charge on any atom is -0.469 e. The second-order valence-electron chi connectivity index (χ2n) is 8.67. The molecule has 0 N–H and O–H groups in total. The quantitative estimate of drug-likeness (QED) is 0.501. The zero-order valence-corrected chi connectivity index (χ0v) is 19.3. The maximum Gasteiger partial charge on any atom is 0.308 e. The Bertz CT molecular complexity index is 756. The van der Waals surface area contributed by atoms with Crippen molar-refractivity contribution in [2.24, 2.45) is 0 Å². The number of hydrogen-bond acceptors (Lipinski definition) is 5. The van der Waals surface area contributed by atoms with Crippen LogP contribution < -0.4 is 10.4 Å². The summed E-state index contributed by atoms with van der Waals surface area (Å²) in [6, 6.07) is 21.1. The van der Waals surface area contributed by atoms with Gasteiger partial charge in [0.2, 0.25) is 0 Å². The molecule has 5 nitrogen and oxygen atoms in total. The molecule has 1 saturated heterocycles. The third-order valence-electron chi connectivity index (χ3n) is 5.56. The average Bonchev–Trinajstić information content (AvgIpc) is 2.76. The molecule has 6 heteroatoms. The van der Waals surface area contributed by atoms with Gasteiger partial charge >= 0.3 is 5.97 Å². The van der Waals surface area contributed by atoms with Gasteiger partial charge in [-0.2, -0.15) is 0 Å². The number of esters is 1. The van der Waals surface area contributed by atoms with Crippen molar-refractivity contribution in [2.45, 2.75) is 44.4 Å². The first-order chi connectivity index (χ1) is 14.4. The van der Waals surface area contributed by atoms with Crippen molar-refractivity contribution in [1.82, 2.24) is 0 Å². The zero-order chi connectivity index (χ0) is 21.6. The maximum absolute atomic E-state index is 11.5. The molecule has 0 bridgehead atoms. The summed E-state index contributed by atoms with van der Waals surface area (Å²) in [5.41, 5.74) is 0. The second kappa shape index (κ2) is 9.88. The third-order valence-corrected chi connectivity index (χ3v) is 10.6. The highest BCUT2D eigenvalue weighted by Gasteiger charge is 2.50. The molecule has 0 saturated carbocycles. The minimum atomic E-state index is -2.59. The highest BCUT2D eigenvalue weighted by atomic mass is 28.4. The number of ether oxygens (including phenoxy) is 3. The van der Waals surface area contributed by atoms with E-state index in [2.05, 4.69) is 69.3 Å². The van der Waals surface area contributed by atoms with E-state index in [1.165, 1.54) is 17.5 Å². The number of carbonyl (C=O) groups is 1. The fourth-order valence-corrected chi connectivity index (χ4v) is 8.64. The summed E-state index contributed by atoms with van der Waals surface area (Å²) in [6.45, 7) is 7.97. The molecule has 0 radical (unpaired) electrons. The van der Waals surface area contributed by atoms with Crippen LogP contribution in [0.15, 0.2) is 60.7 Å². The summed E-state index contributed by atoms with van der Waals surface area (Å²) in [5.74, 6) is -0.286. The van der Waals surface area contributed by atoms with E-state index in [1.807, 2.05) is 12.1 Å². The van der Waals surface area contributed by atoms with E-state index in [-0.39, 0.29) is 29.6 Å². The molecule has 0 amide bonds. The molecular formula is C24H32O5Si. The van der Waals surface area contributed by atoms with E-state index < -0.39 is 8.32 Å². The molecule has 1 heterocycles. The van der Waals surface area contributed by atoms with Crippen LogP contribution in [0.1, 0.15) is 27.2 Å². The van der Waals surface area contributed by atoms with Crippen LogP contribution in [-0.2, 0) is 23.4 Å². The normalized spacial score (nSPS) is 20.0. The molecule has 0 aliphatic carbocycles. The first-order valence-electron chi connectivity index (χ1n) is 10.4. The lowest BCUT2D eigenvalue weighted by Gasteiger charge is -2.44. The lowest BCUT2D eigenvalue weighted by Crippen LogP contribution is -2.67. The van der Waals surface area contributed by atoms with Gasteiger partial charge in [-0.25, -0.2) is 0 Å². The van der Waals surface area contributed by atoms with Crippen molar-refractivity contribution in [3.63, 3.8) is 0 Å². The molecule has 0 aromatic heterocycles. The number of benzene rings is 2. The molecule has 1 aliphatic heterocycles. The van der Waals surface area contributed by atoms with Crippen LogP contribution in [0.4, 0.5) is 0 Å². The first-order valence-corrected chi connectivity index (χ1v) is 12.3. The van der Waals surface area contributed by atoms with E-state index in [9.17, 15) is 4.79 Å². The van der Waals surface area contributed by atoms with Gasteiger partial charge in [-0.1, -0.05) is 81.4 Å². The summed E-state index contributed by atoms with van der Waals surface area (Å²) in [7, 11) is -1.21. The van der Waals surface area contributed by atoms with Crippen molar-refractivity contribution in [1.29, 1.82) is 0 Å². The summed E-state index contributed by atoms with van der Waals surface area (Å²) in [5, 5.41) is 2.39. The van der Waals surface area contributed by atoms with Crippen molar-refractivity contribution < 1.29 is 23.4 Å². The van der Waals surface area contributed by atoms with Crippen LogP contribution in [0.5, 0.6) is 0 Å². The fraction of sp³-hybridized carbons (Fsp3) is 0.458. The van der Waals surface area contributed by atoms with Gasteiger partial charge in [-0.15, -0.1) is 0 Å². The Morgan fingerprint density at radius 1 is 0.933 bits per heavy atom. The van der Waals surface area contributed by atoms with Gasteiger partial charge in [0.15, 0.2) is 0 Å². The zero-order valence-electron chi connectivity index (χ0n) is 18.3. The van der Waals surface area contributed by atoms with Crippen molar-refractivity contribution >= 4 is 24.7 Å². The summed E-state index contributed by atoms with van der Waals surface area (Å²) < 4.78 is 23.4. The van der Waals surface area contributed by atoms with Gasteiger partial charge in [0.25, 0.3) is 8.32 Å². The lowest BCUT2D eigenvalue weighted by molar-refractivity contribution is -0.162. The highest BCUT2D eigenvalue weighted by molar-refractivity contribution is 6.99. The standard InChI is InChI=1S/C24H32O5Si/c1-24(2,3)30(21-11-7-5-8-12-21,22-13-9-6-10-14-22)29-18-20-17-27-19(16-28-20)15-23(25)26-4/h5-14,19-20H,15-18H2,1-4H3/t19-,20?/m0/s1. The van der Waals surface area contributed by atoms with E-state index >= 15 is 0 Å². The summed E-state index contributed by atoms with van der Waals surface area (Å²) in [6.07, 6.45) is -0.221. The Morgan fingerprint density at radius 3 is 1.87 bits per heavy atom. The highest BCUT2D eigenvalue weighted by Crippen LogP contribution is 2.37. The van der Waals surface area contributed by atoms with E-state index in [0.29, 0.717) is 19.8 Å². The van der Waals surface area contributed by atoms with Crippen LogP contribution in [0, 0.1) is 0 Å². The molecule has 1 aliphatic rings. The summed E-state index contributed by atoms with van der Waals surface area (Å²) >= 11 is 0. The number of hydrogen-bond donors (Lipinski definition) is 0. The SMILES string of the molecule is COC(=O)C[C@H]1COC(CO[Si](c2ccccc2)(c2ccccc2)C(C)(C)C)CO1. The molecule has 2 aromatic rings. The molecule has 0 spiro atoms. The molecule has 2 aromatic carbocycles. The Morgan fingerprint density at radius 2 is 1.43 bits per heavy atom. The second-order valence-corrected chi connectivity index (χ2v) is 13.0. The van der Waals surface area contributed by atoms with Crippen molar-refractivity contribution in [2.75, 3.05) is 26.9 Å². The van der Waals surface area contributed by atoms with Gasteiger partial charge in [-0.3, -0.25) is 4.79 Å². The Balaban J connectivity index is 1.80. The van der Waals surface area contributed by atoms with Gasteiger partial charge in [-0.05, 0) is 15.4 Å². The number of rotatable bonds is 7. The summed E-state index contributed by atoms with van der Waals surface area (Å²) in [4.78, 5) is 11.5. The molecule has 1 fully saturated rings. The van der Waals surface area contributed by atoms with Crippen LogP contribution in [-0.4, -0.2) is 53.4 Å². The van der Waals surface area contributed by atoms with E-state index in [1.54, 1.807) is 0 Å².